The largest absolute Gasteiger partial charge is 0.490 e. The topological polar surface area (TPSA) is 85.0 Å². The van der Waals surface area contributed by atoms with Crippen molar-refractivity contribution in [2.75, 3.05) is 26.2 Å². The van der Waals surface area contributed by atoms with Crippen molar-refractivity contribution in [2.45, 2.75) is 31.5 Å². The molecule has 9 heteroatoms. The first-order valence-corrected chi connectivity index (χ1v) is 10.8. The van der Waals surface area contributed by atoms with Gasteiger partial charge in [-0.2, -0.15) is 0 Å². The van der Waals surface area contributed by atoms with Crippen molar-refractivity contribution in [2.24, 2.45) is 5.73 Å². The molecule has 1 atom stereocenters. The first-order valence-electron chi connectivity index (χ1n) is 10.0. The molecule has 31 heavy (non-hydrogen) atoms. The van der Waals surface area contributed by atoms with Crippen LogP contribution in [0.25, 0.3) is 0 Å². The highest BCUT2D eigenvalue weighted by atomic mass is 35.5. The SMILES string of the molecule is NC(=O)Cc1ccc(F)cc1OC[C@@H](O)CN1CCC(Oc2ccc(Cl)c(Cl)c2)CC1. The smallest absolute Gasteiger partial charge is 0.221 e. The zero-order valence-electron chi connectivity index (χ0n) is 16.9. The van der Waals surface area contributed by atoms with E-state index in [1.807, 2.05) is 0 Å². The molecule has 1 fully saturated rings. The summed E-state index contributed by atoms with van der Waals surface area (Å²) in [5.41, 5.74) is 5.71. The number of hydrogen-bond acceptors (Lipinski definition) is 5. The number of carbonyl (C=O) groups excluding carboxylic acids is 1. The van der Waals surface area contributed by atoms with Crippen molar-refractivity contribution < 1.29 is 23.8 Å². The van der Waals surface area contributed by atoms with E-state index in [1.165, 1.54) is 18.2 Å². The standard InChI is InChI=1S/C22H25Cl2FN2O4/c23-19-4-3-18(11-20(19)24)31-17-5-7-27(8-6-17)12-16(28)13-30-21-10-15(25)2-1-14(21)9-22(26)29/h1-4,10-11,16-17,28H,5-9,12-13H2,(H2,26,29)/t16-/m0/s1. The van der Waals surface area contributed by atoms with Crippen molar-refractivity contribution in [3.63, 3.8) is 0 Å². The van der Waals surface area contributed by atoms with Crippen LogP contribution in [0, 0.1) is 5.82 Å². The normalized spacial score (nSPS) is 16.1. The Morgan fingerprint density at radius 3 is 2.61 bits per heavy atom. The second-order valence-corrected chi connectivity index (χ2v) is 8.37. The highest BCUT2D eigenvalue weighted by molar-refractivity contribution is 6.42. The van der Waals surface area contributed by atoms with E-state index in [0.29, 0.717) is 27.9 Å². The number of β-amino-alcohol motifs (C(OH)–C–C–N with tert-alkyl or cyclic N) is 1. The van der Waals surface area contributed by atoms with E-state index in [4.69, 9.17) is 38.4 Å². The number of halogens is 3. The number of nitrogens with two attached hydrogens (primary N) is 1. The maximum absolute atomic E-state index is 13.5. The van der Waals surface area contributed by atoms with Crippen molar-refractivity contribution in [1.82, 2.24) is 4.90 Å². The van der Waals surface area contributed by atoms with Gasteiger partial charge in [0.2, 0.25) is 5.91 Å². The van der Waals surface area contributed by atoms with Crippen LogP contribution in [0.3, 0.4) is 0 Å². The van der Waals surface area contributed by atoms with Gasteiger partial charge in [0.15, 0.2) is 0 Å². The van der Waals surface area contributed by atoms with E-state index < -0.39 is 17.8 Å². The Balaban J connectivity index is 1.44. The molecule has 168 valence electrons. The molecule has 3 N–H and O–H groups in total. The quantitative estimate of drug-likeness (QED) is 0.586. The summed E-state index contributed by atoms with van der Waals surface area (Å²) in [6.07, 6.45) is 0.849. The molecule has 0 spiro atoms. The maximum Gasteiger partial charge on any atom is 0.221 e. The minimum absolute atomic E-state index is 0.0189. The lowest BCUT2D eigenvalue weighted by Crippen LogP contribution is -2.43. The number of likely N-dealkylation sites (tertiary alicyclic amines) is 1. The molecular weight excluding hydrogens is 446 g/mol. The van der Waals surface area contributed by atoms with Gasteiger partial charge in [-0.1, -0.05) is 29.3 Å². The third kappa shape index (κ3) is 7.25. The lowest BCUT2D eigenvalue weighted by atomic mass is 10.1. The molecule has 0 aromatic heterocycles. The summed E-state index contributed by atoms with van der Waals surface area (Å²) in [7, 11) is 0. The van der Waals surface area contributed by atoms with Gasteiger partial charge >= 0.3 is 0 Å². The number of carbonyl (C=O) groups is 1. The third-order valence-electron chi connectivity index (χ3n) is 5.02. The van der Waals surface area contributed by atoms with Gasteiger partial charge in [0, 0.05) is 37.3 Å². The minimum Gasteiger partial charge on any atom is -0.490 e. The monoisotopic (exact) mass is 470 g/mol. The van der Waals surface area contributed by atoms with Gasteiger partial charge in [-0.15, -0.1) is 0 Å². The fraction of sp³-hybridized carbons (Fsp3) is 0.409. The number of aliphatic hydroxyl groups is 1. The van der Waals surface area contributed by atoms with E-state index in [1.54, 1.807) is 18.2 Å². The van der Waals surface area contributed by atoms with E-state index >= 15 is 0 Å². The highest BCUT2D eigenvalue weighted by Gasteiger charge is 2.23. The molecule has 1 saturated heterocycles. The number of ether oxygens (including phenoxy) is 2. The molecule has 1 heterocycles. The molecule has 1 aliphatic rings. The van der Waals surface area contributed by atoms with Gasteiger partial charge in [-0.25, -0.2) is 4.39 Å². The zero-order valence-corrected chi connectivity index (χ0v) is 18.4. The lowest BCUT2D eigenvalue weighted by molar-refractivity contribution is -0.117. The van der Waals surface area contributed by atoms with E-state index in [-0.39, 0.29) is 24.9 Å². The van der Waals surface area contributed by atoms with Gasteiger partial charge < -0.3 is 25.2 Å². The summed E-state index contributed by atoms with van der Waals surface area (Å²) in [4.78, 5) is 13.3. The van der Waals surface area contributed by atoms with Crippen LogP contribution < -0.4 is 15.2 Å². The second-order valence-electron chi connectivity index (χ2n) is 7.55. The Bertz CT molecular complexity index is 907. The Kier molecular flexibility index (Phi) is 8.37. The molecule has 0 bridgehead atoms. The summed E-state index contributed by atoms with van der Waals surface area (Å²) in [6, 6.07) is 9.10. The van der Waals surface area contributed by atoms with E-state index in [0.717, 1.165) is 25.9 Å². The molecular formula is C22H25Cl2FN2O4. The average Bonchev–Trinajstić information content (AvgIpc) is 2.72. The minimum atomic E-state index is -0.766. The maximum atomic E-state index is 13.5. The van der Waals surface area contributed by atoms with Crippen molar-refractivity contribution in [3.8, 4) is 11.5 Å². The van der Waals surface area contributed by atoms with Crippen molar-refractivity contribution in [3.05, 3.63) is 57.8 Å². The number of hydrogen-bond donors (Lipinski definition) is 2. The Morgan fingerprint density at radius 1 is 1.19 bits per heavy atom. The van der Waals surface area contributed by atoms with Crippen LogP contribution in [-0.2, 0) is 11.2 Å². The van der Waals surface area contributed by atoms with Crippen LogP contribution in [0.2, 0.25) is 10.0 Å². The average molecular weight is 471 g/mol. The summed E-state index contributed by atoms with van der Waals surface area (Å²) < 4.78 is 25.1. The first-order chi connectivity index (χ1) is 14.8. The molecule has 1 aliphatic heterocycles. The van der Waals surface area contributed by atoms with E-state index in [2.05, 4.69) is 4.90 Å². The molecule has 3 rings (SSSR count). The van der Waals surface area contributed by atoms with E-state index in [9.17, 15) is 14.3 Å². The number of primary amides is 1. The molecule has 0 radical (unpaired) electrons. The fourth-order valence-corrected chi connectivity index (χ4v) is 3.77. The molecule has 0 saturated carbocycles. The molecule has 0 aliphatic carbocycles. The Hall–Kier alpha value is -2.06. The first kappa shape index (κ1) is 23.6. The number of nitrogens with zero attached hydrogens (tertiary/aromatic N) is 1. The second kappa shape index (κ2) is 11.0. The van der Waals surface area contributed by atoms with Gasteiger partial charge in [0.25, 0.3) is 0 Å². The predicted octanol–water partition coefficient (Wildman–Crippen LogP) is 3.44. The molecule has 2 aromatic carbocycles. The number of amides is 1. The number of benzene rings is 2. The lowest BCUT2D eigenvalue weighted by Gasteiger charge is -2.33. The van der Waals surface area contributed by atoms with Crippen LogP contribution in [0.5, 0.6) is 11.5 Å². The predicted molar refractivity (Wildman–Crippen MR) is 117 cm³/mol. The van der Waals surface area contributed by atoms with Gasteiger partial charge in [0.05, 0.1) is 16.5 Å². The third-order valence-corrected chi connectivity index (χ3v) is 5.76. The number of rotatable bonds is 9. The van der Waals surface area contributed by atoms with Gasteiger partial charge in [-0.05, 0) is 31.0 Å². The number of piperidine rings is 1. The number of aliphatic hydroxyl groups excluding tert-OH is 1. The van der Waals surface area contributed by atoms with Gasteiger partial charge in [0.1, 0.15) is 36.1 Å². The van der Waals surface area contributed by atoms with Crippen molar-refractivity contribution >= 4 is 29.1 Å². The van der Waals surface area contributed by atoms with Crippen LogP contribution in [0.1, 0.15) is 18.4 Å². The summed E-state index contributed by atoms with van der Waals surface area (Å²) in [5, 5.41) is 11.3. The molecule has 6 nitrogen and oxygen atoms in total. The summed E-state index contributed by atoms with van der Waals surface area (Å²) in [5.74, 6) is -0.126. The fourth-order valence-electron chi connectivity index (χ4n) is 3.49. The van der Waals surface area contributed by atoms with Crippen LogP contribution in [-0.4, -0.2) is 54.4 Å². The zero-order chi connectivity index (χ0) is 22.4. The van der Waals surface area contributed by atoms with Crippen molar-refractivity contribution in [1.29, 1.82) is 0 Å². The Morgan fingerprint density at radius 2 is 1.94 bits per heavy atom. The summed E-state index contributed by atoms with van der Waals surface area (Å²) in [6.45, 7) is 1.92. The summed E-state index contributed by atoms with van der Waals surface area (Å²) >= 11 is 12.0. The van der Waals surface area contributed by atoms with Gasteiger partial charge in [-0.3, -0.25) is 4.79 Å². The van der Waals surface area contributed by atoms with Crippen LogP contribution in [0.4, 0.5) is 4.39 Å². The molecule has 0 unspecified atom stereocenters. The molecule has 2 aromatic rings. The Labute approximate surface area is 190 Å². The highest BCUT2D eigenvalue weighted by Crippen LogP contribution is 2.28. The van der Waals surface area contributed by atoms with Crippen LogP contribution >= 0.6 is 23.2 Å². The molecule has 1 amide bonds. The van der Waals surface area contributed by atoms with Crippen LogP contribution in [0.15, 0.2) is 36.4 Å².